The van der Waals surface area contributed by atoms with Gasteiger partial charge in [-0.05, 0) is 19.8 Å². The zero-order valence-corrected chi connectivity index (χ0v) is 6.54. The summed E-state index contributed by atoms with van der Waals surface area (Å²) in [7, 11) is 0. The van der Waals surface area contributed by atoms with Crippen LogP contribution in [0.2, 0.25) is 0 Å². The summed E-state index contributed by atoms with van der Waals surface area (Å²) >= 11 is 0. The van der Waals surface area contributed by atoms with Crippen molar-refractivity contribution in [1.82, 2.24) is 0 Å². The number of rotatable bonds is 2. The Kier molecular flexibility index (Phi) is 2.65. The fourth-order valence-corrected chi connectivity index (χ4v) is 1.11. The summed E-state index contributed by atoms with van der Waals surface area (Å²) < 4.78 is 5.15. The van der Waals surface area contributed by atoms with Crippen LogP contribution < -0.4 is 0 Å². The van der Waals surface area contributed by atoms with Crippen molar-refractivity contribution in [2.75, 3.05) is 6.61 Å². The van der Waals surface area contributed by atoms with Crippen LogP contribution in [0.25, 0.3) is 0 Å². The molecule has 0 aromatic heterocycles. The molecule has 1 saturated heterocycles. The number of ether oxygens (including phenoxy) is 1. The van der Waals surface area contributed by atoms with E-state index in [9.17, 15) is 9.90 Å². The van der Waals surface area contributed by atoms with Crippen molar-refractivity contribution >= 4 is 5.78 Å². The number of ketones is 1. The van der Waals surface area contributed by atoms with E-state index in [1.165, 1.54) is 13.0 Å². The second kappa shape index (κ2) is 3.53. The molecule has 3 heteroatoms. The van der Waals surface area contributed by atoms with Gasteiger partial charge in [-0.1, -0.05) is 0 Å². The molecule has 1 rings (SSSR count). The van der Waals surface area contributed by atoms with Crippen LogP contribution in [0.5, 0.6) is 0 Å². The van der Waals surface area contributed by atoms with E-state index in [4.69, 9.17) is 4.74 Å². The van der Waals surface area contributed by atoms with Gasteiger partial charge in [-0.2, -0.15) is 0 Å². The Hall–Kier alpha value is -0.830. The number of aliphatic hydroxyl groups is 1. The minimum atomic E-state index is -0.237. The van der Waals surface area contributed by atoms with E-state index >= 15 is 0 Å². The van der Waals surface area contributed by atoms with Crippen molar-refractivity contribution in [3.63, 3.8) is 0 Å². The lowest BCUT2D eigenvalue weighted by molar-refractivity contribution is -0.112. The quantitative estimate of drug-likeness (QED) is 0.482. The monoisotopic (exact) mass is 156 g/mol. The minimum absolute atomic E-state index is 0.0648. The zero-order valence-electron chi connectivity index (χ0n) is 6.54. The highest BCUT2D eigenvalue weighted by Gasteiger charge is 2.19. The van der Waals surface area contributed by atoms with E-state index in [2.05, 4.69) is 0 Å². The second-order valence-electron chi connectivity index (χ2n) is 2.68. The first-order chi connectivity index (χ1) is 5.20. The smallest absolute Gasteiger partial charge is 0.156 e. The molecule has 0 radical (unpaired) electrons. The third-order valence-corrected chi connectivity index (χ3v) is 1.61. The summed E-state index contributed by atoms with van der Waals surface area (Å²) in [5.74, 6) is -0.0759. The average Bonchev–Trinajstić information content (AvgIpc) is 2.35. The van der Waals surface area contributed by atoms with E-state index in [0.29, 0.717) is 6.61 Å². The van der Waals surface area contributed by atoms with Gasteiger partial charge in [0.25, 0.3) is 0 Å². The largest absolute Gasteiger partial charge is 0.509 e. The molecule has 1 aliphatic rings. The molecule has 11 heavy (non-hydrogen) atoms. The molecule has 0 saturated carbocycles. The van der Waals surface area contributed by atoms with Gasteiger partial charge in [0.05, 0.1) is 0 Å². The molecule has 1 N–H and O–H groups in total. The Morgan fingerprint density at radius 3 is 2.91 bits per heavy atom. The summed E-state index contributed by atoms with van der Waals surface area (Å²) in [6, 6.07) is 0. The maximum absolute atomic E-state index is 10.5. The molecule has 0 bridgehead atoms. The highest BCUT2D eigenvalue weighted by atomic mass is 16.5. The first kappa shape index (κ1) is 8.27. The number of hydrogen-bond donors (Lipinski definition) is 1. The van der Waals surface area contributed by atoms with Gasteiger partial charge in [-0.25, -0.2) is 0 Å². The molecule has 1 heterocycles. The summed E-state index contributed by atoms with van der Waals surface area (Å²) in [6.07, 6.45) is 2.76. The van der Waals surface area contributed by atoms with E-state index in [1.807, 2.05) is 0 Å². The SMILES string of the molecule is CC(=O)C=C(O)C1CCCO1. The van der Waals surface area contributed by atoms with E-state index < -0.39 is 0 Å². The third-order valence-electron chi connectivity index (χ3n) is 1.61. The van der Waals surface area contributed by atoms with Gasteiger partial charge in [0.15, 0.2) is 5.78 Å². The molecular weight excluding hydrogens is 144 g/mol. The van der Waals surface area contributed by atoms with Crippen LogP contribution in [0.1, 0.15) is 19.8 Å². The molecule has 62 valence electrons. The summed E-state index contributed by atoms with van der Waals surface area (Å²) in [4.78, 5) is 10.5. The van der Waals surface area contributed by atoms with Crippen molar-refractivity contribution in [3.8, 4) is 0 Å². The third kappa shape index (κ3) is 2.35. The normalized spacial score (nSPS) is 25.5. The number of allylic oxidation sites excluding steroid dienone is 1. The lowest BCUT2D eigenvalue weighted by Gasteiger charge is -2.06. The van der Waals surface area contributed by atoms with E-state index in [0.717, 1.165) is 12.8 Å². The predicted octanol–water partition coefficient (Wildman–Crippen LogP) is 1.20. The molecule has 0 amide bonds. The topological polar surface area (TPSA) is 46.5 Å². The Balaban J connectivity index is 2.51. The van der Waals surface area contributed by atoms with Crippen LogP contribution >= 0.6 is 0 Å². The van der Waals surface area contributed by atoms with Crippen LogP contribution in [0, 0.1) is 0 Å². The van der Waals surface area contributed by atoms with Crippen LogP contribution in [0.4, 0.5) is 0 Å². The fourth-order valence-electron chi connectivity index (χ4n) is 1.11. The lowest BCUT2D eigenvalue weighted by atomic mass is 10.2. The van der Waals surface area contributed by atoms with Gasteiger partial charge in [-0.15, -0.1) is 0 Å². The minimum Gasteiger partial charge on any atom is -0.509 e. The summed E-state index contributed by atoms with van der Waals surface area (Å²) in [5.41, 5.74) is 0. The molecule has 3 nitrogen and oxygen atoms in total. The molecular formula is C8H12O3. The highest BCUT2D eigenvalue weighted by Crippen LogP contribution is 2.17. The molecule has 0 aromatic rings. The predicted molar refractivity (Wildman–Crippen MR) is 40.4 cm³/mol. The first-order valence-corrected chi connectivity index (χ1v) is 3.73. The average molecular weight is 156 g/mol. The standard InChI is InChI=1S/C8H12O3/c1-6(9)5-7(10)8-3-2-4-11-8/h5,8,10H,2-4H2,1H3. The molecule has 0 aromatic carbocycles. The number of carbonyl (C=O) groups excluding carboxylic acids is 1. The molecule has 1 unspecified atom stereocenters. The van der Waals surface area contributed by atoms with Crippen LogP contribution in [0.15, 0.2) is 11.8 Å². The lowest BCUT2D eigenvalue weighted by Crippen LogP contribution is -2.09. The second-order valence-corrected chi connectivity index (χ2v) is 2.68. The van der Waals surface area contributed by atoms with Crippen LogP contribution in [-0.4, -0.2) is 23.6 Å². The number of aliphatic hydroxyl groups excluding tert-OH is 1. The van der Waals surface area contributed by atoms with Crippen molar-refractivity contribution in [1.29, 1.82) is 0 Å². The summed E-state index contributed by atoms with van der Waals surface area (Å²) in [6.45, 7) is 2.09. The maximum Gasteiger partial charge on any atom is 0.156 e. The van der Waals surface area contributed by atoms with Crippen molar-refractivity contribution in [2.24, 2.45) is 0 Å². The molecule has 0 aliphatic carbocycles. The van der Waals surface area contributed by atoms with Gasteiger partial charge in [0.1, 0.15) is 11.9 Å². The molecule has 1 fully saturated rings. The Bertz CT molecular complexity index is 178. The fraction of sp³-hybridized carbons (Fsp3) is 0.625. The van der Waals surface area contributed by atoms with E-state index in [-0.39, 0.29) is 17.6 Å². The van der Waals surface area contributed by atoms with Crippen LogP contribution in [-0.2, 0) is 9.53 Å². The van der Waals surface area contributed by atoms with Crippen molar-refractivity contribution in [2.45, 2.75) is 25.9 Å². The van der Waals surface area contributed by atoms with Gasteiger partial charge < -0.3 is 9.84 Å². The van der Waals surface area contributed by atoms with Crippen molar-refractivity contribution in [3.05, 3.63) is 11.8 Å². The molecule has 0 spiro atoms. The Labute approximate surface area is 65.7 Å². The zero-order chi connectivity index (χ0) is 8.27. The Morgan fingerprint density at radius 2 is 2.45 bits per heavy atom. The van der Waals surface area contributed by atoms with Gasteiger partial charge in [-0.3, -0.25) is 4.79 Å². The van der Waals surface area contributed by atoms with Crippen LogP contribution in [0.3, 0.4) is 0 Å². The van der Waals surface area contributed by atoms with Crippen molar-refractivity contribution < 1.29 is 14.6 Å². The highest BCUT2D eigenvalue weighted by molar-refractivity contribution is 5.87. The van der Waals surface area contributed by atoms with E-state index in [1.54, 1.807) is 0 Å². The number of carbonyl (C=O) groups is 1. The Morgan fingerprint density at radius 1 is 1.73 bits per heavy atom. The van der Waals surface area contributed by atoms with Gasteiger partial charge >= 0.3 is 0 Å². The summed E-state index contributed by atoms with van der Waals surface area (Å²) in [5, 5.41) is 9.23. The first-order valence-electron chi connectivity index (χ1n) is 3.73. The molecule has 1 aliphatic heterocycles. The molecule has 1 atom stereocenters. The van der Waals surface area contributed by atoms with Gasteiger partial charge in [0, 0.05) is 12.7 Å². The maximum atomic E-state index is 10.5. The number of hydrogen-bond acceptors (Lipinski definition) is 3. The van der Waals surface area contributed by atoms with Gasteiger partial charge in [0.2, 0.25) is 0 Å².